The molecule has 0 aliphatic heterocycles. The van der Waals surface area contributed by atoms with Crippen LogP contribution in [0.1, 0.15) is 38.8 Å². The fraction of sp³-hybridized carbons (Fsp3) is 0.318. The van der Waals surface area contributed by atoms with Crippen LogP contribution in [0.3, 0.4) is 0 Å². The van der Waals surface area contributed by atoms with Crippen molar-refractivity contribution in [2.75, 3.05) is 5.32 Å². The average Bonchev–Trinajstić information content (AvgIpc) is 3.14. The molecule has 1 amide bonds. The van der Waals surface area contributed by atoms with Crippen molar-refractivity contribution in [3.05, 3.63) is 65.7 Å². The first kappa shape index (κ1) is 21.3. The van der Waals surface area contributed by atoms with E-state index in [1.54, 1.807) is 18.7 Å². The van der Waals surface area contributed by atoms with Crippen LogP contribution in [0.2, 0.25) is 0 Å². The number of carbonyl (C=O) groups excluding carboxylic acids is 1. The Hall–Kier alpha value is -2.38. The summed E-state index contributed by atoms with van der Waals surface area (Å²) in [6, 6.07) is 18.0. The van der Waals surface area contributed by atoms with E-state index < -0.39 is 6.10 Å². The Morgan fingerprint density at radius 2 is 1.79 bits per heavy atom. The molecule has 2 aromatic carbocycles. The Bertz CT molecular complexity index is 935. The molecule has 3 rings (SSSR count). The third-order valence-corrected chi connectivity index (χ3v) is 6.29. The van der Waals surface area contributed by atoms with Crippen LogP contribution in [0, 0.1) is 0 Å². The highest BCUT2D eigenvalue weighted by Crippen LogP contribution is 2.28. The second-order valence-corrected chi connectivity index (χ2v) is 9.87. The maximum absolute atomic E-state index is 12.4. The molecule has 0 aliphatic carbocycles. The molecule has 7 heteroatoms. The van der Waals surface area contributed by atoms with Gasteiger partial charge >= 0.3 is 0 Å². The lowest BCUT2D eigenvalue weighted by molar-refractivity contribution is -0.122. The predicted octanol–water partition coefficient (Wildman–Crippen LogP) is 5.53. The molecule has 5 nitrogen and oxygen atoms in total. The minimum Gasteiger partial charge on any atom is -0.481 e. The number of benzene rings is 2. The van der Waals surface area contributed by atoms with E-state index in [0.717, 1.165) is 10.1 Å². The minimum absolute atomic E-state index is 0.0790. The van der Waals surface area contributed by atoms with Crippen LogP contribution in [-0.2, 0) is 16.0 Å². The summed E-state index contributed by atoms with van der Waals surface area (Å²) >= 11 is 2.96. The van der Waals surface area contributed by atoms with Gasteiger partial charge in [-0.25, -0.2) is 0 Å². The lowest BCUT2D eigenvalue weighted by Gasteiger charge is -2.20. The second-order valence-electron chi connectivity index (χ2n) is 7.67. The zero-order valence-corrected chi connectivity index (χ0v) is 18.6. The molecular formula is C22H25N3O2S2. The van der Waals surface area contributed by atoms with Crippen LogP contribution in [-0.4, -0.2) is 22.2 Å². The third kappa shape index (κ3) is 6.30. The monoisotopic (exact) mass is 427 g/mol. The molecule has 0 spiro atoms. The summed E-state index contributed by atoms with van der Waals surface area (Å²) in [6.07, 6.45) is -0.639. The van der Waals surface area contributed by atoms with E-state index in [1.165, 1.54) is 22.5 Å². The molecule has 0 unspecified atom stereocenters. The summed E-state index contributed by atoms with van der Waals surface area (Å²) < 4.78 is 6.58. The molecule has 152 valence electrons. The normalized spacial score (nSPS) is 12.4. The summed E-state index contributed by atoms with van der Waals surface area (Å²) in [5, 5.41) is 11.5. The van der Waals surface area contributed by atoms with Gasteiger partial charge in [-0.05, 0) is 35.6 Å². The molecule has 0 radical (unpaired) electrons. The fourth-order valence-electron chi connectivity index (χ4n) is 2.54. The van der Waals surface area contributed by atoms with Gasteiger partial charge in [0.25, 0.3) is 5.91 Å². The lowest BCUT2D eigenvalue weighted by Crippen LogP contribution is -2.30. The van der Waals surface area contributed by atoms with Crippen molar-refractivity contribution >= 4 is 34.1 Å². The van der Waals surface area contributed by atoms with Gasteiger partial charge in [0.15, 0.2) is 10.4 Å². The quantitative estimate of drug-likeness (QED) is 0.396. The molecule has 1 aromatic heterocycles. The van der Waals surface area contributed by atoms with Gasteiger partial charge in [0.1, 0.15) is 5.75 Å². The number of ether oxygens (including phenoxy) is 1. The molecular weight excluding hydrogens is 402 g/mol. The summed E-state index contributed by atoms with van der Waals surface area (Å²) in [5.41, 5.74) is 2.52. The Kier molecular flexibility index (Phi) is 6.92. The van der Waals surface area contributed by atoms with Gasteiger partial charge in [-0.1, -0.05) is 86.3 Å². The first-order valence-electron chi connectivity index (χ1n) is 9.39. The number of hydrogen-bond acceptors (Lipinski definition) is 6. The Morgan fingerprint density at radius 1 is 1.10 bits per heavy atom. The SMILES string of the molecule is C[C@H](Oc1ccc(C(C)(C)C)cc1)C(=O)Nc1nnc(SCc2ccccc2)s1. The lowest BCUT2D eigenvalue weighted by atomic mass is 9.87. The number of nitrogens with zero attached hydrogens (tertiary/aromatic N) is 2. The van der Waals surface area contributed by atoms with E-state index in [0.29, 0.717) is 10.9 Å². The molecule has 0 fully saturated rings. The molecule has 0 saturated carbocycles. The first-order valence-corrected chi connectivity index (χ1v) is 11.2. The van der Waals surface area contributed by atoms with Crippen LogP contribution in [0.25, 0.3) is 0 Å². The topological polar surface area (TPSA) is 64.1 Å². The summed E-state index contributed by atoms with van der Waals surface area (Å²) in [4.78, 5) is 12.4. The van der Waals surface area contributed by atoms with Crippen molar-refractivity contribution in [2.24, 2.45) is 0 Å². The number of anilines is 1. The van der Waals surface area contributed by atoms with Crippen LogP contribution in [0.4, 0.5) is 5.13 Å². The van der Waals surface area contributed by atoms with E-state index in [-0.39, 0.29) is 11.3 Å². The summed E-state index contributed by atoms with van der Waals surface area (Å²) in [7, 11) is 0. The molecule has 0 saturated heterocycles. The summed E-state index contributed by atoms with van der Waals surface area (Å²) in [6.45, 7) is 8.20. The van der Waals surface area contributed by atoms with Crippen molar-refractivity contribution < 1.29 is 9.53 Å². The van der Waals surface area contributed by atoms with Gasteiger partial charge in [-0.2, -0.15) is 0 Å². The number of carbonyl (C=O) groups is 1. The number of rotatable bonds is 7. The van der Waals surface area contributed by atoms with Crippen molar-refractivity contribution in [3.63, 3.8) is 0 Å². The van der Waals surface area contributed by atoms with Gasteiger partial charge in [-0.3, -0.25) is 10.1 Å². The van der Waals surface area contributed by atoms with E-state index in [4.69, 9.17) is 4.74 Å². The van der Waals surface area contributed by atoms with Crippen molar-refractivity contribution in [1.29, 1.82) is 0 Å². The Morgan fingerprint density at radius 3 is 2.45 bits per heavy atom. The van der Waals surface area contributed by atoms with E-state index in [1.807, 2.05) is 42.5 Å². The smallest absolute Gasteiger partial charge is 0.266 e. The second kappa shape index (κ2) is 9.41. The largest absolute Gasteiger partial charge is 0.481 e. The highest BCUT2D eigenvalue weighted by molar-refractivity contribution is 8.00. The van der Waals surface area contributed by atoms with E-state index >= 15 is 0 Å². The van der Waals surface area contributed by atoms with Crippen molar-refractivity contribution in [3.8, 4) is 5.75 Å². The zero-order chi connectivity index (χ0) is 20.9. The molecule has 1 N–H and O–H groups in total. The van der Waals surface area contributed by atoms with Crippen molar-refractivity contribution in [1.82, 2.24) is 10.2 Å². The van der Waals surface area contributed by atoms with Crippen LogP contribution in [0.15, 0.2) is 58.9 Å². The molecule has 29 heavy (non-hydrogen) atoms. The van der Waals surface area contributed by atoms with E-state index in [9.17, 15) is 4.79 Å². The highest BCUT2D eigenvalue weighted by Gasteiger charge is 2.18. The predicted molar refractivity (Wildman–Crippen MR) is 120 cm³/mol. The standard InChI is InChI=1S/C22H25N3O2S2/c1-15(27-18-12-10-17(11-13-18)22(2,3)4)19(26)23-20-24-25-21(29-20)28-14-16-8-6-5-7-9-16/h5-13,15H,14H2,1-4H3,(H,23,24,26)/t15-/m0/s1. The van der Waals surface area contributed by atoms with Crippen LogP contribution < -0.4 is 10.1 Å². The van der Waals surface area contributed by atoms with Gasteiger partial charge < -0.3 is 4.74 Å². The van der Waals surface area contributed by atoms with Gasteiger partial charge in [-0.15, -0.1) is 10.2 Å². The number of aromatic nitrogens is 2. The number of amides is 1. The Balaban J connectivity index is 1.51. The number of hydrogen-bond donors (Lipinski definition) is 1. The van der Waals surface area contributed by atoms with Crippen molar-refractivity contribution in [2.45, 2.75) is 49.3 Å². The molecule has 0 bridgehead atoms. The molecule has 3 aromatic rings. The molecule has 1 atom stereocenters. The zero-order valence-electron chi connectivity index (χ0n) is 17.0. The van der Waals surface area contributed by atoms with Crippen LogP contribution >= 0.6 is 23.1 Å². The number of thioether (sulfide) groups is 1. The van der Waals surface area contributed by atoms with E-state index in [2.05, 4.69) is 48.4 Å². The highest BCUT2D eigenvalue weighted by atomic mass is 32.2. The fourth-order valence-corrected chi connectivity index (χ4v) is 4.25. The summed E-state index contributed by atoms with van der Waals surface area (Å²) in [5.74, 6) is 1.23. The molecule has 1 heterocycles. The number of nitrogens with one attached hydrogen (secondary N) is 1. The Labute approximate surface area is 179 Å². The molecule has 0 aliphatic rings. The maximum atomic E-state index is 12.4. The van der Waals surface area contributed by atoms with Gasteiger partial charge in [0.2, 0.25) is 5.13 Å². The maximum Gasteiger partial charge on any atom is 0.266 e. The first-order chi connectivity index (χ1) is 13.8. The third-order valence-electron chi connectivity index (χ3n) is 4.24. The van der Waals surface area contributed by atoms with Crippen LogP contribution in [0.5, 0.6) is 5.75 Å². The van der Waals surface area contributed by atoms with Gasteiger partial charge in [0.05, 0.1) is 0 Å². The average molecular weight is 428 g/mol. The minimum atomic E-state index is -0.639. The van der Waals surface area contributed by atoms with Gasteiger partial charge in [0, 0.05) is 5.75 Å².